The number of carbonyl (C=O) groups excluding carboxylic acids is 1. The molecule has 0 aliphatic heterocycles. The second kappa shape index (κ2) is 8.54. The van der Waals surface area contributed by atoms with Gasteiger partial charge in [-0.05, 0) is 40.5 Å². The molecule has 0 rings (SSSR count). The van der Waals surface area contributed by atoms with Crippen LogP contribution in [-0.2, 0) is 19.0 Å². The molecule has 0 fully saturated rings. The van der Waals surface area contributed by atoms with Gasteiger partial charge in [0.15, 0.2) is 0 Å². The molecule has 0 aromatic heterocycles. The summed E-state index contributed by atoms with van der Waals surface area (Å²) < 4.78 is 16.4. The molecule has 0 aromatic carbocycles. The summed E-state index contributed by atoms with van der Waals surface area (Å²) in [6.07, 6.45) is -0.169. The predicted molar refractivity (Wildman–Crippen MR) is 76.1 cm³/mol. The predicted octanol–water partition coefficient (Wildman–Crippen LogP) is 3.04. The maximum atomic E-state index is 11.6. The third-order valence-electron chi connectivity index (χ3n) is 2.34. The minimum atomic E-state index is -0.470. The van der Waals surface area contributed by atoms with Gasteiger partial charge >= 0.3 is 5.97 Å². The smallest absolute Gasteiger partial charge is 0.311 e. The Morgan fingerprint density at radius 2 is 1.47 bits per heavy atom. The fourth-order valence-electron chi connectivity index (χ4n) is 1.20. The number of carbonyl (C=O) groups is 1. The highest BCUT2D eigenvalue weighted by Gasteiger charge is 2.24. The van der Waals surface area contributed by atoms with Crippen molar-refractivity contribution in [1.29, 1.82) is 0 Å². The van der Waals surface area contributed by atoms with E-state index in [1.165, 1.54) is 0 Å². The molecule has 114 valence electrons. The Hall–Kier alpha value is -0.610. The molecule has 0 aromatic rings. The Morgan fingerprint density at radius 1 is 0.947 bits per heavy atom. The van der Waals surface area contributed by atoms with Crippen molar-refractivity contribution < 1.29 is 19.0 Å². The molecule has 0 saturated carbocycles. The van der Waals surface area contributed by atoms with Crippen LogP contribution in [0.3, 0.4) is 0 Å². The largest absolute Gasteiger partial charge is 0.460 e. The Morgan fingerprint density at radius 3 is 1.95 bits per heavy atom. The van der Waals surface area contributed by atoms with Crippen LogP contribution in [0.15, 0.2) is 0 Å². The molecule has 0 aliphatic rings. The normalized spacial score (nSPS) is 15.4. The second-order valence-corrected chi connectivity index (χ2v) is 6.54. The number of ether oxygens (including phenoxy) is 3. The molecule has 19 heavy (non-hydrogen) atoms. The van der Waals surface area contributed by atoms with Gasteiger partial charge < -0.3 is 14.2 Å². The van der Waals surface area contributed by atoms with Crippen LogP contribution in [0.5, 0.6) is 0 Å². The van der Waals surface area contributed by atoms with Crippen LogP contribution in [-0.4, -0.2) is 38.0 Å². The van der Waals surface area contributed by atoms with Crippen LogP contribution in [0.4, 0.5) is 0 Å². The topological polar surface area (TPSA) is 44.8 Å². The zero-order valence-corrected chi connectivity index (χ0v) is 13.5. The van der Waals surface area contributed by atoms with Crippen LogP contribution >= 0.6 is 0 Å². The monoisotopic (exact) mass is 274 g/mol. The van der Waals surface area contributed by atoms with Crippen molar-refractivity contribution in [3.05, 3.63) is 0 Å². The average molecular weight is 274 g/mol. The Balaban J connectivity index is 3.74. The fraction of sp³-hybridized carbons (Fsp3) is 0.933. The van der Waals surface area contributed by atoms with Gasteiger partial charge in [-0.2, -0.15) is 0 Å². The van der Waals surface area contributed by atoms with E-state index in [0.29, 0.717) is 19.1 Å². The van der Waals surface area contributed by atoms with Crippen LogP contribution in [0.2, 0.25) is 0 Å². The summed E-state index contributed by atoms with van der Waals surface area (Å²) in [5.74, 6) is 0.321. The van der Waals surface area contributed by atoms with Gasteiger partial charge in [0.2, 0.25) is 0 Å². The maximum absolute atomic E-state index is 11.6. The summed E-state index contributed by atoms with van der Waals surface area (Å²) in [5.41, 5.74) is -0.470. The molecule has 4 nitrogen and oxygen atoms in total. The van der Waals surface area contributed by atoms with Gasteiger partial charge in [0.25, 0.3) is 0 Å². The molecule has 0 spiro atoms. The zero-order valence-electron chi connectivity index (χ0n) is 13.5. The first kappa shape index (κ1) is 18.4. The van der Waals surface area contributed by atoms with Crippen molar-refractivity contribution in [2.24, 2.45) is 11.3 Å². The molecule has 0 bridgehead atoms. The van der Waals surface area contributed by atoms with Gasteiger partial charge in [-0.1, -0.05) is 13.8 Å². The molecule has 0 radical (unpaired) electrons. The molecule has 0 saturated heterocycles. The van der Waals surface area contributed by atoms with Crippen LogP contribution in [0, 0.1) is 11.3 Å². The molecule has 0 amide bonds. The third-order valence-corrected chi connectivity index (χ3v) is 2.34. The first-order chi connectivity index (χ1) is 8.62. The van der Waals surface area contributed by atoms with Gasteiger partial charge in [0.1, 0.15) is 6.10 Å². The lowest BCUT2D eigenvalue weighted by molar-refractivity contribution is -0.161. The van der Waals surface area contributed by atoms with Crippen molar-refractivity contribution in [2.45, 2.75) is 60.7 Å². The van der Waals surface area contributed by atoms with Crippen molar-refractivity contribution in [2.75, 3.05) is 19.8 Å². The quantitative estimate of drug-likeness (QED) is 0.638. The van der Waals surface area contributed by atoms with Crippen LogP contribution in [0.25, 0.3) is 0 Å². The third kappa shape index (κ3) is 9.91. The highest BCUT2D eigenvalue weighted by molar-refractivity contribution is 5.75. The number of rotatable bonds is 8. The van der Waals surface area contributed by atoms with Crippen LogP contribution in [0.1, 0.15) is 48.5 Å². The molecule has 4 heteroatoms. The van der Waals surface area contributed by atoms with Crippen molar-refractivity contribution in [3.8, 4) is 0 Å². The summed E-state index contributed by atoms with van der Waals surface area (Å²) in [5, 5.41) is 0. The standard InChI is InChI=1S/C15H30O4/c1-11(2)8-18-12(3)9-17-10-13(4)19-14(16)15(5,6)7/h11-13H,8-10H2,1-7H3. The van der Waals surface area contributed by atoms with Gasteiger partial charge in [-0.3, -0.25) is 4.79 Å². The summed E-state index contributed by atoms with van der Waals surface area (Å²) in [6.45, 7) is 15.2. The van der Waals surface area contributed by atoms with E-state index in [0.717, 1.165) is 6.61 Å². The van der Waals surface area contributed by atoms with E-state index >= 15 is 0 Å². The molecular weight excluding hydrogens is 244 g/mol. The first-order valence-electron chi connectivity index (χ1n) is 7.03. The number of esters is 1. The maximum Gasteiger partial charge on any atom is 0.311 e. The molecular formula is C15H30O4. The lowest BCUT2D eigenvalue weighted by atomic mass is 9.97. The Kier molecular flexibility index (Phi) is 8.26. The lowest BCUT2D eigenvalue weighted by Crippen LogP contribution is -2.30. The van der Waals surface area contributed by atoms with E-state index in [9.17, 15) is 4.79 Å². The minimum Gasteiger partial charge on any atom is -0.460 e. The summed E-state index contributed by atoms with van der Waals surface area (Å²) in [6, 6.07) is 0. The van der Waals surface area contributed by atoms with Crippen molar-refractivity contribution in [3.63, 3.8) is 0 Å². The Bertz CT molecular complexity index is 255. The molecule has 2 atom stereocenters. The summed E-state index contributed by atoms with van der Waals surface area (Å²) in [4.78, 5) is 11.6. The van der Waals surface area contributed by atoms with Gasteiger partial charge in [-0.25, -0.2) is 0 Å². The highest BCUT2D eigenvalue weighted by atomic mass is 16.6. The van der Waals surface area contributed by atoms with Crippen LogP contribution < -0.4 is 0 Å². The molecule has 0 N–H and O–H groups in total. The van der Waals surface area contributed by atoms with E-state index in [-0.39, 0.29) is 18.2 Å². The number of hydrogen-bond donors (Lipinski definition) is 0. The van der Waals surface area contributed by atoms with Gasteiger partial charge in [-0.15, -0.1) is 0 Å². The first-order valence-corrected chi connectivity index (χ1v) is 7.03. The average Bonchev–Trinajstić information content (AvgIpc) is 2.24. The van der Waals surface area contributed by atoms with E-state index in [4.69, 9.17) is 14.2 Å². The molecule has 2 unspecified atom stereocenters. The minimum absolute atomic E-state index is 0.0629. The molecule has 0 aliphatic carbocycles. The Labute approximate surface area is 117 Å². The fourth-order valence-corrected chi connectivity index (χ4v) is 1.20. The summed E-state index contributed by atoms with van der Waals surface area (Å²) >= 11 is 0. The number of hydrogen-bond acceptors (Lipinski definition) is 4. The van der Waals surface area contributed by atoms with E-state index in [1.54, 1.807) is 0 Å². The highest BCUT2D eigenvalue weighted by Crippen LogP contribution is 2.16. The van der Waals surface area contributed by atoms with E-state index in [1.807, 2.05) is 34.6 Å². The van der Waals surface area contributed by atoms with Crippen molar-refractivity contribution in [1.82, 2.24) is 0 Å². The van der Waals surface area contributed by atoms with E-state index < -0.39 is 5.41 Å². The molecule has 0 heterocycles. The van der Waals surface area contributed by atoms with Gasteiger partial charge in [0, 0.05) is 6.61 Å². The lowest BCUT2D eigenvalue weighted by Gasteiger charge is -2.21. The SMILES string of the molecule is CC(C)COC(C)COCC(C)OC(=O)C(C)(C)C. The van der Waals surface area contributed by atoms with Crippen molar-refractivity contribution >= 4 is 5.97 Å². The summed E-state index contributed by atoms with van der Waals surface area (Å²) in [7, 11) is 0. The van der Waals surface area contributed by atoms with E-state index in [2.05, 4.69) is 13.8 Å². The zero-order chi connectivity index (χ0) is 15.1. The van der Waals surface area contributed by atoms with Gasteiger partial charge in [0.05, 0.1) is 24.7 Å². The second-order valence-electron chi connectivity index (χ2n) is 6.54.